The summed E-state index contributed by atoms with van der Waals surface area (Å²) >= 11 is 0. The standard InChI is InChI=1S/C23H25F2N11O2/c1-13-6-17(30-18-7-14(2)32-33-18)31-22(29-13)35-11-23(12-35,38-3)21(37)28-9-15-8-27-19(10-26-15)36-5-4-16(34-36)20(24)25/h4-8,10,20H,9,11-12H2,1-3H3,(H,28,37)(H2,29,30,31,32,33). The third-order valence-electron chi connectivity index (χ3n) is 5.97. The predicted octanol–water partition coefficient (Wildman–Crippen LogP) is 2.00. The molecule has 0 radical (unpaired) electrons. The number of carbonyl (C=O) groups excluding carboxylic acids is 1. The van der Waals surface area contributed by atoms with Crippen LogP contribution in [0.2, 0.25) is 0 Å². The smallest absolute Gasteiger partial charge is 0.282 e. The topological polar surface area (TPSA) is 152 Å². The molecule has 15 heteroatoms. The lowest BCUT2D eigenvalue weighted by atomic mass is 9.93. The van der Waals surface area contributed by atoms with Gasteiger partial charge >= 0.3 is 0 Å². The number of aryl methyl sites for hydroxylation is 2. The normalized spacial score (nSPS) is 14.4. The quantitative estimate of drug-likeness (QED) is 0.296. The van der Waals surface area contributed by atoms with Crippen LogP contribution in [0.3, 0.4) is 0 Å². The maximum Gasteiger partial charge on any atom is 0.282 e. The van der Waals surface area contributed by atoms with Gasteiger partial charge in [0.2, 0.25) is 5.95 Å². The SMILES string of the molecule is COC1(C(=O)NCc2cnc(-n3ccc(C(F)F)n3)cn2)CN(c2nc(C)cc(Nc3cc(C)[nH]n3)n2)C1. The molecular formula is C23H25F2N11O2. The Balaban J connectivity index is 1.19. The number of rotatable bonds is 9. The molecule has 4 aromatic rings. The molecule has 13 nitrogen and oxygen atoms in total. The van der Waals surface area contributed by atoms with E-state index in [1.807, 2.05) is 24.8 Å². The zero-order chi connectivity index (χ0) is 26.9. The number of methoxy groups -OCH3 is 1. The van der Waals surface area contributed by atoms with Gasteiger partial charge in [0.1, 0.15) is 11.5 Å². The zero-order valence-corrected chi connectivity index (χ0v) is 20.8. The Kier molecular flexibility index (Phi) is 6.67. The van der Waals surface area contributed by atoms with Gasteiger partial charge < -0.3 is 20.3 Å². The molecule has 0 unspecified atom stereocenters. The Morgan fingerprint density at radius 3 is 2.63 bits per heavy atom. The van der Waals surface area contributed by atoms with E-state index in [0.29, 0.717) is 23.3 Å². The number of nitrogens with zero attached hydrogens (tertiary/aromatic N) is 8. The van der Waals surface area contributed by atoms with Gasteiger partial charge in [-0.05, 0) is 19.9 Å². The van der Waals surface area contributed by atoms with Gasteiger partial charge in [-0.1, -0.05) is 0 Å². The Hall–Kier alpha value is -4.53. The first kappa shape index (κ1) is 25.1. The van der Waals surface area contributed by atoms with Crippen molar-refractivity contribution in [3.8, 4) is 5.82 Å². The van der Waals surface area contributed by atoms with Gasteiger partial charge in [0, 0.05) is 36.8 Å². The molecule has 4 aromatic heterocycles. The van der Waals surface area contributed by atoms with Gasteiger partial charge in [0.25, 0.3) is 12.3 Å². The Morgan fingerprint density at radius 1 is 1.18 bits per heavy atom. The second-order valence-corrected chi connectivity index (χ2v) is 8.84. The summed E-state index contributed by atoms with van der Waals surface area (Å²) in [6.07, 6.45) is 1.55. The molecule has 0 aliphatic carbocycles. The van der Waals surface area contributed by atoms with Crippen LogP contribution in [0.4, 0.5) is 26.4 Å². The van der Waals surface area contributed by atoms with Crippen LogP contribution in [-0.4, -0.2) is 71.6 Å². The van der Waals surface area contributed by atoms with Crippen molar-refractivity contribution in [2.24, 2.45) is 0 Å². The molecule has 0 atom stereocenters. The number of hydrogen-bond acceptors (Lipinski definition) is 10. The van der Waals surface area contributed by atoms with Crippen LogP contribution in [0.1, 0.15) is 29.2 Å². The summed E-state index contributed by atoms with van der Waals surface area (Å²) in [6, 6.07) is 4.88. The number of H-pyrrole nitrogens is 1. The molecule has 3 N–H and O–H groups in total. The summed E-state index contributed by atoms with van der Waals surface area (Å²) in [5, 5.41) is 16.8. The zero-order valence-electron chi connectivity index (χ0n) is 20.8. The molecule has 1 fully saturated rings. The maximum absolute atomic E-state index is 13.0. The second-order valence-electron chi connectivity index (χ2n) is 8.84. The second kappa shape index (κ2) is 10.1. The molecule has 38 heavy (non-hydrogen) atoms. The van der Waals surface area contributed by atoms with Gasteiger partial charge in [0.15, 0.2) is 17.2 Å². The molecule has 1 aliphatic heterocycles. The van der Waals surface area contributed by atoms with Crippen molar-refractivity contribution in [2.75, 3.05) is 30.4 Å². The van der Waals surface area contributed by atoms with E-state index in [1.165, 1.54) is 36.4 Å². The van der Waals surface area contributed by atoms with E-state index in [2.05, 4.69) is 45.9 Å². The van der Waals surface area contributed by atoms with Gasteiger partial charge in [-0.2, -0.15) is 15.2 Å². The largest absolute Gasteiger partial charge is 0.365 e. The number of nitrogens with one attached hydrogen (secondary N) is 3. The van der Waals surface area contributed by atoms with Crippen molar-refractivity contribution in [3.63, 3.8) is 0 Å². The fraction of sp³-hybridized carbons (Fsp3) is 0.348. The van der Waals surface area contributed by atoms with E-state index in [0.717, 1.165) is 11.4 Å². The first-order chi connectivity index (χ1) is 18.2. The van der Waals surface area contributed by atoms with Crippen LogP contribution in [0.15, 0.2) is 36.8 Å². The minimum Gasteiger partial charge on any atom is -0.365 e. The van der Waals surface area contributed by atoms with Crippen molar-refractivity contribution in [2.45, 2.75) is 32.4 Å². The molecule has 1 saturated heterocycles. The van der Waals surface area contributed by atoms with E-state index in [4.69, 9.17) is 4.74 Å². The number of anilines is 3. The summed E-state index contributed by atoms with van der Waals surface area (Å²) in [5.74, 6) is 1.66. The minimum absolute atomic E-state index is 0.108. The Bertz CT molecular complexity index is 1430. The third kappa shape index (κ3) is 5.13. The highest BCUT2D eigenvalue weighted by molar-refractivity contribution is 5.88. The fourth-order valence-corrected chi connectivity index (χ4v) is 3.92. The van der Waals surface area contributed by atoms with E-state index in [1.54, 1.807) is 6.07 Å². The third-order valence-corrected chi connectivity index (χ3v) is 5.97. The number of alkyl halides is 2. The van der Waals surface area contributed by atoms with E-state index >= 15 is 0 Å². The lowest BCUT2D eigenvalue weighted by molar-refractivity contribution is -0.146. The Morgan fingerprint density at radius 2 is 2.00 bits per heavy atom. The van der Waals surface area contributed by atoms with E-state index in [-0.39, 0.29) is 37.1 Å². The van der Waals surface area contributed by atoms with Crippen molar-refractivity contribution < 1.29 is 18.3 Å². The molecule has 0 aromatic carbocycles. The summed E-state index contributed by atoms with van der Waals surface area (Å²) in [5.41, 5.74) is 0.733. The van der Waals surface area contributed by atoms with Crippen LogP contribution in [-0.2, 0) is 16.1 Å². The van der Waals surface area contributed by atoms with Crippen molar-refractivity contribution in [1.82, 2.24) is 45.2 Å². The lowest BCUT2D eigenvalue weighted by Gasteiger charge is -2.47. The monoisotopic (exact) mass is 525 g/mol. The predicted molar refractivity (Wildman–Crippen MR) is 131 cm³/mol. The van der Waals surface area contributed by atoms with Crippen molar-refractivity contribution in [3.05, 3.63) is 59.6 Å². The molecule has 5 rings (SSSR count). The summed E-state index contributed by atoms with van der Waals surface area (Å²) in [6.45, 7) is 4.39. The lowest BCUT2D eigenvalue weighted by Crippen LogP contribution is -2.70. The van der Waals surface area contributed by atoms with Crippen LogP contribution in [0.5, 0.6) is 0 Å². The highest BCUT2D eigenvalue weighted by Crippen LogP contribution is 2.30. The first-order valence-corrected chi connectivity index (χ1v) is 11.6. The van der Waals surface area contributed by atoms with Crippen LogP contribution in [0.25, 0.3) is 5.82 Å². The molecular weight excluding hydrogens is 500 g/mol. The van der Waals surface area contributed by atoms with Crippen molar-refractivity contribution in [1.29, 1.82) is 0 Å². The average Bonchev–Trinajstić information content (AvgIpc) is 3.52. The number of carbonyl (C=O) groups is 1. The number of halogens is 2. The summed E-state index contributed by atoms with van der Waals surface area (Å²) < 4.78 is 32.3. The van der Waals surface area contributed by atoms with Crippen LogP contribution >= 0.6 is 0 Å². The van der Waals surface area contributed by atoms with Gasteiger partial charge in [0.05, 0.1) is 37.7 Å². The highest BCUT2D eigenvalue weighted by atomic mass is 19.3. The maximum atomic E-state index is 13.0. The summed E-state index contributed by atoms with van der Waals surface area (Å²) in [7, 11) is 1.48. The molecule has 5 heterocycles. The minimum atomic E-state index is -2.67. The first-order valence-electron chi connectivity index (χ1n) is 11.6. The number of ether oxygens (including phenoxy) is 1. The van der Waals surface area contributed by atoms with Gasteiger partial charge in [-0.3, -0.25) is 14.9 Å². The number of hydrogen-bond donors (Lipinski definition) is 3. The number of amides is 1. The van der Waals surface area contributed by atoms with Gasteiger partial charge in [-0.15, -0.1) is 0 Å². The molecule has 0 bridgehead atoms. The average molecular weight is 526 g/mol. The van der Waals surface area contributed by atoms with Crippen LogP contribution < -0.4 is 15.5 Å². The molecule has 0 saturated carbocycles. The van der Waals surface area contributed by atoms with Crippen molar-refractivity contribution >= 4 is 23.5 Å². The fourth-order valence-electron chi connectivity index (χ4n) is 3.92. The summed E-state index contributed by atoms with van der Waals surface area (Å²) in [4.78, 5) is 32.3. The molecule has 0 spiro atoms. The van der Waals surface area contributed by atoms with E-state index < -0.39 is 12.0 Å². The van der Waals surface area contributed by atoms with E-state index in [9.17, 15) is 13.6 Å². The number of aromatic amines is 1. The van der Waals surface area contributed by atoms with Crippen LogP contribution in [0, 0.1) is 13.8 Å². The molecule has 1 amide bonds. The van der Waals surface area contributed by atoms with Gasteiger partial charge in [-0.25, -0.2) is 23.4 Å². The molecule has 198 valence electrons. The number of aromatic nitrogens is 8. The highest BCUT2D eigenvalue weighted by Gasteiger charge is 2.51. The Labute approximate surface area is 215 Å². The molecule has 1 aliphatic rings.